The quantitative estimate of drug-likeness (QED) is 0.623. The van der Waals surface area contributed by atoms with Crippen molar-refractivity contribution in [2.75, 3.05) is 11.9 Å². The minimum absolute atomic E-state index is 0.357. The van der Waals surface area contributed by atoms with Gasteiger partial charge in [0.1, 0.15) is 5.82 Å². The zero-order valence-electron chi connectivity index (χ0n) is 12.3. The molecule has 0 aliphatic rings. The number of esters is 1. The lowest BCUT2D eigenvalue weighted by Crippen LogP contribution is -2.02. The van der Waals surface area contributed by atoms with Crippen LogP contribution in [-0.4, -0.2) is 17.6 Å². The van der Waals surface area contributed by atoms with Crippen LogP contribution < -0.4 is 5.32 Å². The SMILES string of the molecule is CCOC(=O)C=Cc1cnc(NCc2ccccc2)c(Br)c1. The molecule has 0 amide bonds. The summed E-state index contributed by atoms with van der Waals surface area (Å²) in [5.41, 5.74) is 2.01. The van der Waals surface area contributed by atoms with Crippen LogP contribution in [0, 0.1) is 0 Å². The van der Waals surface area contributed by atoms with Crippen molar-refractivity contribution in [2.24, 2.45) is 0 Å². The molecule has 0 radical (unpaired) electrons. The average molecular weight is 361 g/mol. The maximum atomic E-state index is 11.3. The van der Waals surface area contributed by atoms with E-state index in [0.717, 1.165) is 15.9 Å². The normalized spacial score (nSPS) is 10.6. The number of benzene rings is 1. The number of rotatable bonds is 6. The molecule has 0 fully saturated rings. The first-order chi connectivity index (χ1) is 10.7. The smallest absolute Gasteiger partial charge is 0.330 e. The molecule has 22 heavy (non-hydrogen) atoms. The Kier molecular flexibility index (Phi) is 6.15. The predicted octanol–water partition coefficient (Wildman–Crippen LogP) is 4.03. The van der Waals surface area contributed by atoms with Gasteiger partial charge in [-0.2, -0.15) is 0 Å². The number of halogens is 1. The van der Waals surface area contributed by atoms with Crippen molar-refractivity contribution in [3.63, 3.8) is 0 Å². The lowest BCUT2D eigenvalue weighted by molar-refractivity contribution is -0.137. The van der Waals surface area contributed by atoms with Crippen LogP contribution in [0.5, 0.6) is 0 Å². The first-order valence-corrected chi connectivity index (χ1v) is 7.76. The third-order valence-electron chi connectivity index (χ3n) is 2.86. The first-order valence-electron chi connectivity index (χ1n) is 6.97. The molecule has 1 aromatic heterocycles. The number of carbonyl (C=O) groups is 1. The van der Waals surface area contributed by atoms with E-state index >= 15 is 0 Å². The second-order valence-corrected chi connectivity index (χ2v) is 5.38. The lowest BCUT2D eigenvalue weighted by Gasteiger charge is -2.08. The molecule has 0 saturated heterocycles. The van der Waals surface area contributed by atoms with E-state index in [0.29, 0.717) is 13.2 Å². The van der Waals surface area contributed by atoms with Gasteiger partial charge >= 0.3 is 5.97 Å². The van der Waals surface area contributed by atoms with E-state index < -0.39 is 0 Å². The van der Waals surface area contributed by atoms with Crippen molar-refractivity contribution in [3.8, 4) is 0 Å². The number of ether oxygens (including phenoxy) is 1. The Labute approximate surface area is 138 Å². The molecule has 2 aromatic rings. The summed E-state index contributed by atoms with van der Waals surface area (Å²) in [4.78, 5) is 15.6. The van der Waals surface area contributed by atoms with Gasteiger partial charge in [0.2, 0.25) is 0 Å². The van der Waals surface area contributed by atoms with Gasteiger partial charge in [-0.25, -0.2) is 9.78 Å². The predicted molar refractivity (Wildman–Crippen MR) is 91.4 cm³/mol. The van der Waals surface area contributed by atoms with Crippen molar-refractivity contribution < 1.29 is 9.53 Å². The van der Waals surface area contributed by atoms with Crippen LogP contribution in [0.25, 0.3) is 6.08 Å². The number of carbonyl (C=O) groups excluding carboxylic acids is 1. The molecule has 0 aliphatic heterocycles. The molecule has 0 spiro atoms. The standard InChI is InChI=1S/C17H17BrN2O2/c1-2-22-16(21)9-8-14-10-15(18)17(20-12-14)19-11-13-6-4-3-5-7-13/h3-10,12H,2,11H2,1H3,(H,19,20). The number of anilines is 1. The Morgan fingerprint density at radius 3 is 2.82 bits per heavy atom. The highest BCUT2D eigenvalue weighted by molar-refractivity contribution is 9.10. The highest BCUT2D eigenvalue weighted by Crippen LogP contribution is 2.22. The molecule has 1 aromatic carbocycles. The summed E-state index contributed by atoms with van der Waals surface area (Å²) in [7, 11) is 0. The molecule has 5 heteroatoms. The zero-order valence-corrected chi connectivity index (χ0v) is 13.8. The Bertz CT molecular complexity index is 657. The maximum Gasteiger partial charge on any atom is 0.330 e. The monoisotopic (exact) mass is 360 g/mol. The fourth-order valence-corrected chi connectivity index (χ4v) is 2.32. The maximum absolute atomic E-state index is 11.3. The summed E-state index contributed by atoms with van der Waals surface area (Å²) >= 11 is 3.48. The van der Waals surface area contributed by atoms with Crippen molar-refractivity contribution >= 4 is 33.8 Å². The van der Waals surface area contributed by atoms with Crippen LogP contribution in [-0.2, 0) is 16.1 Å². The van der Waals surface area contributed by atoms with Crippen molar-refractivity contribution in [2.45, 2.75) is 13.5 Å². The molecular weight excluding hydrogens is 344 g/mol. The second kappa shape index (κ2) is 8.34. The van der Waals surface area contributed by atoms with Crippen molar-refractivity contribution in [1.82, 2.24) is 4.98 Å². The van der Waals surface area contributed by atoms with E-state index in [9.17, 15) is 4.79 Å². The molecule has 114 valence electrons. The molecular formula is C17H17BrN2O2. The van der Waals surface area contributed by atoms with Gasteiger partial charge in [0.05, 0.1) is 11.1 Å². The molecule has 0 atom stereocenters. The van der Waals surface area contributed by atoms with Gasteiger partial charge in [-0.1, -0.05) is 30.3 Å². The van der Waals surface area contributed by atoms with Crippen LogP contribution in [0.15, 0.2) is 53.1 Å². The highest BCUT2D eigenvalue weighted by Gasteiger charge is 2.02. The topological polar surface area (TPSA) is 51.2 Å². The van der Waals surface area contributed by atoms with Crippen LogP contribution in [0.1, 0.15) is 18.1 Å². The minimum Gasteiger partial charge on any atom is -0.463 e. The van der Waals surface area contributed by atoms with Crippen LogP contribution >= 0.6 is 15.9 Å². The van der Waals surface area contributed by atoms with Crippen LogP contribution in [0.2, 0.25) is 0 Å². The molecule has 0 unspecified atom stereocenters. The molecule has 0 saturated carbocycles. The van der Waals surface area contributed by atoms with Gasteiger partial charge in [0, 0.05) is 18.8 Å². The molecule has 0 bridgehead atoms. The van der Waals surface area contributed by atoms with Crippen molar-refractivity contribution in [1.29, 1.82) is 0 Å². The van der Waals surface area contributed by atoms with Gasteiger partial charge in [-0.3, -0.25) is 0 Å². The van der Waals surface area contributed by atoms with E-state index in [1.165, 1.54) is 11.6 Å². The summed E-state index contributed by atoms with van der Waals surface area (Å²) in [6.45, 7) is 2.84. The summed E-state index contributed by atoms with van der Waals surface area (Å²) in [5.74, 6) is 0.405. The lowest BCUT2D eigenvalue weighted by atomic mass is 10.2. The first kappa shape index (κ1) is 16.2. The Balaban J connectivity index is 1.99. The van der Waals surface area contributed by atoms with E-state index in [1.807, 2.05) is 24.3 Å². The fraction of sp³-hybridized carbons (Fsp3) is 0.176. The van der Waals surface area contributed by atoms with Gasteiger partial charge < -0.3 is 10.1 Å². The summed E-state index contributed by atoms with van der Waals surface area (Å²) in [5, 5.41) is 3.27. The number of nitrogens with one attached hydrogen (secondary N) is 1. The van der Waals surface area contributed by atoms with Crippen LogP contribution in [0.3, 0.4) is 0 Å². The number of nitrogens with zero attached hydrogens (tertiary/aromatic N) is 1. The van der Waals surface area contributed by atoms with Gasteiger partial charge in [-0.15, -0.1) is 0 Å². The number of pyridine rings is 1. The third kappa shape index (κ3) is 5.00. The molecule has 1 N–H and O–H groups in total. The van der Waals surface area contributed by atoms with Crippen molar-refractivity contribution in [3.05, 3.63) is 64.3 Å². The van der Waals surface area contributed by atoms with Gasteiger partial charge in [0.25, 0.3) is 0 Å². The largest absolute Gasteiger partial charge is 0.463 e. The Morgan fingerprint density at radius 2 is 2.14 bits per heavy atom. The minimum atomic E-state index is -0.357. The molecule has 4 nitrogen and oxygen atoms in total. The van der Waals surface area contributed by atoms with Crippen LogP contribution in [0.4, 0.5) is 5.82 Å². The average Bonchev–Trinajstić information content (AvgIpc) is 2.53. The highest BCUT2D eigenvalue weighted by atomic mass is 79.9. The van der Waals surface area contributed by atoms with E-state index in [4.69, 9.17) is 4.74 Å². The zero-order chi connectivity index (χ0) is 15.8. The number of aromatic nitrogens is 1. The number of hydrogen-bond acceptors (Lipinski definition) is 4. The molecule has 2 rings (SSSR count). The summed E-state index contributed by atoms with van der Waals surface area (Å²) in [6.07, 6.45) is 4.77. The molecule has 1 heterocycles. The van der Waals surface area contributed by atoms with E-state index in [2.05, 4.69) is 38.4 Å². The van der Waals surface area contributed by atoms with E-state index in [-0.39, 0.29) is 5.97 Å². The van der Waals surface area contributed by atoms with E-state index in [1.54, 1.807) is 19.2 Å². The Morgan fingerprint density at radius 1 is 1.36 bits per heavy atom. The van der Waals surface area contributed by atoms with Gasteiger partial charge in [-0.05, 0) is 46.1 Å². The summed E-state index contributed by atoms with van der Waals surface area (Å²) in [6, 6.07) is 12.0. The Hall–Kier alpha value is -2.14. The molecule has 0 aliphatic carbocycles. The number of hydrogen-bond donors (Lipinski definition) is 1. The second-order valence-electron chi connectivity index (χ2n) is 4.52. The fourth-order valence-electron chi connectivity index (χ4n) is 1.81. The third-order valence-corrected chi connectivity index (χ3v) is 3.47. The van der Waals surface area contributed by atoms with Gasteiger partial charge in [0.15, 0.2) is 0 Å². The summed E-state index contributed by atoms with van der Waals surface area (Å²) < 4.78 is 5.68.